The van der Waals surface area contributed by atoms with E-state index in [0.29, 0.717) is 5.69 Å². The van der Waals surface area contributed by atoms with Crippen LogP contribution in [0.25, 0.3) is 0 Å². The third-order valence-electron chi connectivity index (χ3n) is 2.01. The lowest BCUT2D eigenvalue weighted by atomic mass is 10.3. The van der Waals surface area contributed by atoms with Gasteiger partial charge in [0.2, 0.25) is 5.91 Å². The second-order valence-corrected chi connectivity index (χ2v) is 2.92. The van der Waals surface area contributed by atoms with Crippen LogP contribution < -0.4 is 11.1 Å². The van der Waals surface area contributed by atoms with Crippen LogP contribution in [0.15, 0.2) is 0 Å². The van der Waals surface area contributed by atoms with Crippen LogP contribution in [0.3, 0.4) is 0 Å². The fourth-order valence-electron chi connectivity index (χ4n) is 1.08. The lowest BCUT2D eigenvalue weighted by molar-refractivity contribution is -0.121. The Morgan fingerprint density at radius 1 is 1.62 bits per heavy atom. The molecule has 0 aliphatic rings. The van der Waals surface area contributed by atoms with Gasteiger partial charge < -0.3 is 11.1 Å². The highest BCUT2D eigenvalue weighted by Crippen LogP contribution is 2.13. The van der Waals surface area contributed by atoms with Gasteiger partial charge in [0, 0.05) is 7.05 Å². The molecule has 0 aliphatic carbocycles. The maximum atomic E-state index is 11.0. The predicted octanol–water partition coefficient (Wildman–Crippen LogP) is -0.172. The molecule has 0 atom stereocenters. The average Bonchev–Trinajstić information content (AvgIpc) is 2.34. The summed E-state index contributed by atoms with van der Waals surface area (Å²) in [5.74, 6) is -0.0781. The van der Waals surface area contributed by atoms with Crippen LogP contribution in [-0.4, -0.2) is 22.7 Å². The van der Waals surface area contributed by atoms with E-state index in [2.05, 4.69) is 10.4 Å². The minimum atomic E-state index is -0.0781. The Kier molecular flexibility index (Phi) is 2.55. The lowest BCUT2D eigenvalue weighted by Crippen LogP contribution is -2.24. The smallest absolute Gasteiger partial charge is 0.241 e. The van der Waals surface area contributed by atoms with Gasteiger partial charge in [0.15, 0.2) is 0 Å². The summed E-state index contributed by atoms with van der Waals surface area (Å²) < 4.78 is 1.60. The second-order valence-electron chi connectivity index (χ2n) is 2.92. The van der Waals surface area contributed by atoms with E-state index < -0.39 is 0 Å². The zero-order valence-corrected chi connectivity index (χ0v) is 8.09. The van der Waals surface area contributed by atoms with Crippen molar-refractivity contribution < 1.29 is 4.79 Å². The van der Waals surface area contributed by atoms with E-state index >= 15 is 0 Å². The van der Waals surface area contributed by atoms with Gasteiger partial charge in [-0.2, -0.15) is 5.10 Å². The maximum absolute atomic E-state index is 11.0. The molecule has 0 fully saturated rings. The first kappa shape index (κ1) is 9.57. The zero-order chi connectivity index (χ0) is 10.0. The highest BCUT2D eigenvalue weighted by atomic mass is 16.1. The first-order valence-corrected chi connectivity index (χ1v) is 4.06. The molecule has 0 aliphatic heterocycles. The van der Waals surface area contributed by atoms with Crippen molar-refractivity contribution in [3.05, 3.63) is 11.4 Å². The van der Waals surface area contributed by atoms with Gasteiger partial charge in [-0.25, -0.2) is 0 Å². The summed E-state index contributed by atoms with van der Waals surface area (Å²) in [6.45, 7) is 3.89. The summed E-state index contributed by atoms with van der Waals surface area (Å²) in [4.78, 5) is 11.0. The van der Waals surface area contributed by atoms with E-state index in [9.17, 15) is 4.79 Å². The van der Waals surface area contributed by atoms with E-state index in [1.165, 1.54) is 0 Å². The number of carbonyl (C=O) groups is 1. The summed E-state index contributed by atoms with van der Waals surface area (Å²) in [6.07, 6.45) is 0. The second kappa shape index (κ2) is 3.47. The summed E-state index contributed by atoms with van der Waals surface area (Å²) in [6, 6.07) is 0. The summed E-state index contributed by atoms with van der Waals surface area (Å²) in [5.41, 5.74) is 7.96. The monoisotopic (exact) mass is 182 g/mol. The largest absolute Gasteiger partial charge is 0.396 e. The number of aromatic nitrogens is 2. The molecule has 3 N–H and O–H groups in total. The molecular formula is C8H14N4O. The third kappa shape index (κ3) is 1.80. The van der Waals surface area contributed by atoms with Crippen molar-refractivity contribution in [2.75, 3.05) is 12.8 Å². The molecular weight excluding hydrogens is 168 g/mol. The lowest BCUT2D eigenvalue weighted by Gasteiger charge is -2.02. The number of nitrogens with one attached hydrogen (secondary N) is 1. The molecule has 13 heavy (non-hydrogen) atoms. The van der Waals surface area contributed by atoms with E-state index in [1.807, 2.05) is 13.8 Å². The summed E-state index contributed by atoms with van der Waals surface area (Å²) >= 11 is 0. The van der Waals surface area contributed by atoms with Gasteiger partial charge in [0.25, 0.3) is 0 Å². The number of nitrogens with two attached hydrogens (primary N) is 1. The van der Waals surface area contributed by atoms with Crippen molar-refractivity contribution in [1.29, 1.82) is 0 Å². The van der Waals surface area contributed by atoms with Crippen LogP contribution in [0.4, 0.5) is 5.69 Å². The molecule has 72 valence electrons. The normalized spacial score (nSPS) is 10.1. The number of rotatable bonds is 2. The number of carbonyl (C=O) groups excluding carboxylic acids is 1. The topological polar surface area (TPSA) is 72.9 Å². The van der Waals surface area contributed by atoms with Crippen LogP contribution in [0.1, 0.15) is 11.4 Å². The van der Waals surface area contributed by atoms with Gasteiger partial charge in [-0.1, -0.05) is 0 Å². The molecule has 1 aromatic heterocycles. The highest BCUT2D eigenvalue weighted by Gasteiger charge is 2.09. The van der Waals surface area contributed by atoms with Crippen molar-refractivity contribution >= 4 is 11.6 Å². The Morgan fingerprint density at radius 2 is 2.23 bits per heavy atom. The molecule has 0 saturated heterocycles. The van der Waals surface area contributed by atoms with Crippen LogP contribution in [-0.2, 0) is 11.3 Å². The number of amides is 1. The quantitative estimate of drug-likeness (QED) is 0.666. The van der Waals surface area contributed by atoms with Crippen molar-refractivity contribution in [2.24, 2.45) is 0 Å². The average molecular weight is 182 g/mol. The third-order valence-corrected chi connectivity index (χ3v) is 2.01. The van der Waals surface area contributed by atoms with E-state index in [-0.39, 0.29) is 12.5 Å². The minimum Gasteiger partial charge on any atom is -0.396 e. The molecule has 5 nitrogen and oxygen atoms in total. The number of nitrogens with zero attached hydrogens (tertiary/aromatic N) is 2. The van der Waals surface area contributed by atoms with Crippen molar-refractivity contribution in [3.8, 4) is 0 Å². The number of hydrogen-bond acceptors (Lipinski definition) is 3. The van der Waals surface area contributed by atoms with Crippen LogP contribution >= 0.6 is 0 Å². The Balaban J connectivity index is 2.90. The highest BCUT2D eigenvalue weighted by molar-refractivity contribution is 5.75. The molecule has 0 radical (unpaired) electrons. The van der Waals surface area contributed by atoms with Crippen molar-refractivity contribution in [1.82, 2.24) is 15.1 Å². The summed E-state index contributed by atoms with van der Waals surface area (Å²) in [7, 11) is 1.59. The number of likely N-dealkylation sites (N-methyl/N-ethyl adjacent to an activating group) is 1. The van der Waals surface area contributed by atoms with Crippen molar-refractivity contribution in [2.45, 2.75) is 20.4 Å². The molecule has 0 spiro atoms. The Labute approximate surface area is 76.9 Å². The van der Waals surface area contributed by atoms with Gasteiger partial charge in [0.05, 0.1) is 17.1 Å². The molecule has 0 unspecified atom stereocenters. The van der Waals surface area contributed by atoms with E-state index in [0.717, 1.165) is 11.4 Å². The Hall–Kier alpha value is -1.52. The Morgan fingerprint density at radius 3 is 2.62 bits per heavy atom. The first-order chi connectivity index (χ1) is 6.06. The molecule has 1 rings (SSSR count). The van der Waals surface area contributed by atoms with Crippen molar-refractivity contribution in [3.63, 3.8) is 0 Å². The number of nitrogen functional groups attached to an aromatic ring is 1. The van der Waals surface area contributed by atoms with Crippen LogP contribution in [0, 0.1) is 13.8 Å². The number of hydrogen-bond donors (Lipinski definition) is 2. The molecule has 0 saturated carbocycles. The van der Waals surface area contributed by atoms with Gasteiger partial charge >= 0.3 is 0 Å². The number of aryl methyl sites for hydroxylation is 1. The van der Waals surface area contributed by atoms with Gasteiger partial charge in [0.1, 0.15) is 6.54 Å². The molecule has 5 heteroatoms. The molecule has 1 amide bonds. The van der Waals surface area contributed by atoms with E-state index in [1.54, 1.807) is 11.7 Å². The Bertz CT molecular complexity index is 329. The van der Waals surface area contributed by atoms with Crippen LogP contribution in [0.5, 0.6) is 0 Å². The maximum Gasteiger partial charge on any atom is 0.241 e. The number of anilines is 1. The fourth-order valence-corrected chi connectivity index (χ4v) is 1.08. The molecule has 1 aromatic rings. The standard InChI is InChI=1S/C8H14N4O/c1-5-8(9)6(2)12(11-5)4-7(13)10-3/h4,9H2,1-3H3,(H,10,13). The molecule has 0 bridgehead atoms. The van der Waals surface area contributed by atoms with Gasteiger partial charge in [-0.3, -0.25) is 9.48 Å². The van der Waals surface area contributed by atoms with Gasteiger partial charge in [-0.15, -0.1) is 0 Å². The van der Waals surface area contributed by atoms with Gasteiger partial charge in [-0.05, 0) is 13.8 Å². The predicted molar refractivity (Wildman–Crippen MR) is 50.2 cm³/mol. The SMILES string of the molecule is CNC(=O)Cn1nc(C)c(N)c1C. The molecule has 0 aromatic carbocycles. The fraction of sp³-hybridized carbons (Fsp3) is 0.500. The van der Waals surface area contributed by atoms with E-state index in [4.69, 9.17) is 5.73 Å². The zero-order valence-electron chi connectivity index (χ0n) is 8.09. The first-order valence-electron chi connectivity index (χ1n) is 4.06. The summed E-state index contributed by atoms with van der Waals surface area (Å²) in [5, 5.41) is 6.66. The minimum absolute atomic E-state index is 0.0781. The van der Waals surface area contributed by atoms with Crippen LogP contribution in [0.2, 0.25) is 0 Å². The molecule has 1 heterocycles.